The van der Waals surface area contributed by atoms with E-state index in [-0.39, 0.29) is 11.5 Å². The average molecular weight is 376 g/mol. The van der Waals surface area contributed by atoms with Gasteiger partial charge in [0.15, 0.2) is 0 Å². The minimum atomic E-state index is 0.0414. The molecular weight excluding hydrogens is 348 g/mol. The lowest BCUT2D eigenvalue weighted by atomic mass is 10.2. The van der Waals surface area contributed by atoms with Gasteiger partial charge in [-0.3, -0.25) is 14.2 Å². The minimum Gasteiger partial charge on any atom is -0.336 e. The number of likely N-dealkylation sites (N-methyl/N-ethyl adjacent to an activating group) is 1. The molecule has 0 bridgehead atoms. The van der Waals surface area contributed by atoms with Crippen molar-refractivity contribution in [3.8, 4) is 0 Å². The van der Waals surface area contributed by atoms with E-state index in [1.807, 2.05) is 16.4 Å². The smallest absolute Gasteiger partial charge is 0.264 e. The van der Waals surface area contributed by atoms with Gasteiger partial charge in [0.05, 0.1) is 36.9 Å². The molecule has 4 rings (SSSR count). The van der Waals surface area contributed by atoms with Crippen LogP contribution in [0.5, 0.6) is 0 Å². The van der Waals surface area contributed by atoms with Gasteiger partial charge in [0.2, 0.25) is 0 Å². The second-order valence-corrected chi connectivity index (χ2v) is 8.63. The molecule has 1 fully saturated rings. The number of nitrogens with zero attached hydrogens (tertiary/aromatic N) is 3. The van der Waals surface area contributed by atoms with Crippen LogP contribution in [0.4, 0.5) is 0 Å². The van der Waals surface area contributed by atoms with E-state index in [0.717, 1.165) is 81.0 Å². The van der Waals surface area contributed by atoms with Crippen LogP contribution in [0.2, 0.25) is 0 Å². The highest BCUT2D eigenvalue weighted by Gasteiger charge is 2.26. The molecule has 7 heteroatoms. The van der Waals surface area contributed by atoms with Crippen LogP contribution in [-0.4, -0.2) is 53.6 Å². The first-order chi connectivity index (χ1) is 12.6. The van der Waals surface area contributed by atoms with E-state index < -0.39 is 0 Å². The predicted octanol–water partition coefficient (Wildman–Crippen LogP) is 0.853. The SMILES string of the molecule is Cc1c(C(=O)N2CCC[NH+](C)CC2)sc2nc3n(c(=O)c12)CCCCC3. The molecule has 0 radical (unpaired) electrons. The van der Waals surface area contributed by atoms with E-state index in [4.69, 9.17) is 4.98 Å². The number of quaternary nitrogens is 1. The van der Waals surface area contributed by atoms with Crippen LogP contribution < -0.4 is 10.5 Å². The van der Waals surface area contributed by atoms with Crippen molar-refractivity contribution in [2.75, 3.05) is 33.2 Å². The molecule has 2 aromatic rings. The Morgan fingerprint density at radius 1 is 1.12 bits per heavy atom. The molecule has 0 aliphatic carbocycles. The Balaban J connectivity index is 1.75. The fraction of sp³-hybridized carbons (Fsp3) is 0.632. The van der Waals surface area contributed by atoms with Crippen molar-refractivity contribution < 1.29 is 9.69 Å². The maximum Gasteiger partial charge on any atom is 0.264 e. The van der Waals surface area contributed by atoms with Crippen LogP contribution in [0.25, 0.3) is 10.2 Å². The lowest BCUT2D eigenvalue weighted by molar-refractivity contribution is -0.877. The number of hydrogen-bond acceptors (Lipinski definition) is 4. The Morgan fingerprint density at radius 2 is 1.96 bits per heavy atom. The zero-order valence-electron chi connectivity index (χ0n) is 15.6. The Labute approximate surface area is 157 Å². The number of carbonyl (C=O) groups is 1. The number of amides is 1. The summed E-state index contributed by atoms with van der Waals surface area (Å²) in [6, 6.07) is 0. The van der Waals surface area contributed by atoms with Crippen LogP contribution in [0.1, 0.15) is 46.7 Å². The third-order valence-corrected chi connectivity index (χ3v) is 6.91. The molecule has 1 amide bonds. The summed E-state index contributed by atoms with van der Waals surface area (Å²) in [4.78, 5) is 35.8. The molecule has 4 heterocycles. The van der Waals surface area contributed by atoms with Gasteiger partial charge < -0.3 is 9.80 Å². The molecule has 26 heavy (non-hydrogen) atoms. The summed E-state index contributed by atoms with van der Waals surface area (Å²) in [6.45, 7) is 6.31. The van der Waals surface area contributed by atoms with Crippen LogP contribution >= 0.6 is 11.3 Å². The summed E-state index contributed by atoms with van der Waals surface area (Å²) < 4.78 is 1.84. The average Bonchev–Trinajstić information content (AvgIpc) is 2.80. The van der Waals surface area contributed by atoms with E-state index in [0.29, 0.717) is 10.3 Å². The number of aryl methyl sites for hydroxylation is 2. The van der Waals surface area contributed by atoms with Crippen molar-refractivity contribution in [3.63, 3.8) is 0 Å². The van der Waals surface area contributed by atoms with Crippen LogP contribution in [0.15, 0.2) is 4.79 Å². The van der Waals surface area contributed by atoms with E-state index in [2.05, 4.69) is 7.05 Å². The summed E-state index contributed by atoms with van der Waals surface area (Å²) in [6.07, 6.45) is 5.13. The highest BCUT2D eigenvalue weighted by Crippen LogP contribution is 2.29. The van der Waals surface area contributed by atoms with Crippen molar-refractivity contribution in [2.45, 2.75) is 45.6 Å². The number of rotatable bonds is 1. The van der Waals surface area contributed by atoms with Gasteiger partial charge in [-0.25, -0.2) is 4.98 Å². The van der Waals surface area contributed by atoms with Gasteiger partial charge in [-0.15, -0.1) is 11.3 Å². The van der Waals surface area contributed by atoms with Gasteiger partial charge in [0.1, 0.15) is 10.7 Å². The fourth-order valence-corrected chi connectivity index (χ4v) is 5.25. The number of aromatic nitrogens is 2. The highest BCUT2D eigenvalue weighted by atomic mass is 32.1. The quantitative estimate of drug-likeness (QED) is 0.804. The lowest BCUT2D eigenvalue weighted by Gasteiger charge is -2.18. The molecule has 2 aromatic heterocycles. The number of nitrogens with one attached hydrogen (secondary N) is 1. The summed E-state index contributed by atoms with van der Waals surface area (Å²) in [5.74, 6) is 0.958. The van der Waals surface area contributed by atoms with Crippen molar-refractivity contribution in [1.29, 1.82) is 0 Å². The largest absolute Gasteiger partial charge is 0.336 e. The number of fused-ring (bicyclic) bond motifs is 2. The summed E-state index contributed by atoms with van der Waals surface area (Å²) in [5, 5.41) is 0.654. The van der Waals surface area contributed by atoms with Gasteiger partial charge in [0, 0.05) is 25.9 Å². The molecule has 2 aliphatic heterocycles. The third kappa shape index (κ3) is 3.07. The molecule has 0 aromatic carbocycles. The first-order valence-electron chi connectivity index (χ1n) is 9.69. The molecule has 1 saturated heterocycles. The second kappa shape index (κ2) is 7.12. The molecule has 0 spiro atoms. The highest BCUT2D eigenvalue weighted by molar-refractivity contribution is 7.20. The first-order valence-corrected chi connectivity index (χ1v) is 10.5. The van der Waals surface area contributed by atoms with Gasteiger partial charge in [-0.1, -0.05) is 6.42 Å². The summed E-state index contributed by atoms with van der Waals surface area (Å²) >= 11 is 1.40. The molecule has 1 unspecified atom stereocenters. The van der Waals surface area contributed by atoms with E-state index in [1.54, 1.807) is 0 Å². The van der Waals surface area contributed by atoms with Gasteiger partial charge in [-0.2, -0.15) is 0 Å². The maximum absolute atomic E-state index is 13.1. The number of hydrogen-bond donors (Lipinski definition) is 1. The molecule has 1 atom stereocenters. The molecule has 0 saturated carbocycles. The standard InChI is InChI=1S/C19H26N4O2S/c1-13-15-17(20-14-7-4-3-5-10-23(14)18(15)24)26-16(13)19(25)22-9-6-8-21(2)11-12-22/h3-12H2,1-2H3/p+1. The van der Waals surface area contributed by atoms with Gasteiger partial charge in [0.25, 0.3) is 11.5 Å². The number of carbonyl (C=O) groups excluding carboxylic acids is 1. The van der Waals surface area contributed by atoms with Crippen LogP contribution in [0.3, 0.4) is 0 Å². The Hall–Kier alpha value is -1.73. The van der Waals surface area contributed by atoms with E-state index in [1.165, 1.54) is 16.2 Å². The Kier molecular flexibility index (Phi) is 4.84. The third-order valence-electron chi connectivity index (χ3n) is 5.73. The molecule has 2 aliphatic rings. The van der Waals surface area contributed by atoms with E-state index >= 15 is 0 Å². The lowest BCUT2D eigenvalue weighted by Crippen LogP contribution is -3.09. The zero-order valence-corrected chi connectivity index (χ0v) is 16.5. The topological polar surface area (TPSA) is 59.6 Å². The summed E-state index contributed by atoms with van der Waals surface area (Å²) in [5.41, 5.74) is 0.858. The Bertz CT molecular complexity index is 901. The molecule has 1 N–H and O–H groups in total. The van der Waals surface area contributed by atoms with E-state index in [9.17, 15) is 9.59 Å². The normalized spacial score (nSPS) is 21.3. The second-order valence-electron chi connectivity index (χ2n) is 7.63. The zero-order chi connectivity index (χ0) is 18.3. The van der Waals surface area contributed by atoms with Crippen LogP contribution in [0, 0.1) is 6.92 Å². The molecular formula is C19H27N4O2S+. The summed E-state index contributed by atoms with van der Waals surface area (Å²) in [7, 11) is 2.18. The number of thiophene rings is 1. The van der Waals surface area contributed by atoms with Crippen molar-refractivity contribution in [3.05, 3.63) is 26.6 Å². The molecule has 6 nitrogen and oxygen atoms in total. The first kappa shape index (κ1) is 17.7. The fourth-order valence-electron chi connectivity index (χ4n) is 4.09. The Morgan fingerprint density at radius 3 is 2.81 bits per heavy atom. The predicted molar refractivity (Wildman–Crippen MR) is 103 cm³/mol. The maximum atomic E-state index is 13.1. The molecule has 140 valence electrons. The van der Waals surface area contributed by atoms with Crippen molar-refractivity contribution in [2.24, 2.45) is 0 Å². The van der Waals surface area contributed by atoms with Crippen molar-refractivity contribution >= 4 is 27.5 Å². The van der Waals surface area contributed by atoms with Crippen LogP contribution in [-0.2, 0) is 13.0 Å². The van der Waals surface area contributed by atoms with Gasteiger partial charge >= 0.3 is 0 Å². The monoisotopic (exact) mass is 375 g/mol. The van der Waals surface area contributed by atoms with Crippen molar-refractivity contribution in [1.82, 2.24) is 14.5 Å². The minimum absolute atomic E-state index is 0.0414. The van der Waals surface area contributed by atoms with Gasteiger partial charge in [-0.05, 0) is 25.3 Å².